The van der Waals surface area contributed by atoms with Crippen LogP contribution in [-0.2, 0) is 0 Å². The minimum Gasteiger partial charge on any atom is -0.477 e. The molecule has 14 heavy (non-hydrogen) atoms. The molecule has 3 N–H and O–H groups in total. The van der Waals surface area contributed by atoms with Crippen LogP contribution in [0.15, 0.2) is 22.9 Å². The molecular formula is C8H6BrN3O2. The van der Waals surface area contributed by atoms with Gasteiger partial charge in [0.15, 0.2) is 11.3 Å². The highest BCUT2D eigenvalue weighted by Crippen LogP contribution is 2.20. The number of anilines is 1. The maximum Gasteiger partial charge on any atom is 0.354 e. The Morgan fingerprint density at radius 3 is 3.00 bits per heavy atom. The topological polar surface area (TPSA) is 80.6 Å². The second-order valence-electron chi connectivity index (χ2n) is 2.76. The molecule has 0 atom stereocenters. The van der Waals surface area contributed by atoms with Gasteiger partial charge in [-0.3, -0.25) is 4.40 Å². The number of carboxylic acids is 1. The van der Waals surface area contributed by atoms with E-state index >= 15 is 0 Å². The second-order valence-corrected chi connectivity index (χ2v) is 3.67. The van der Waals surface area contributed by atoms with Gasteiger partial charge in [0.05, 0.1) is 11.9 Å². The molecule has 0 radical (unpaired) electrons. The van der Waals surface area contributed by atoms with E-state index < -0.39 is 5.97 Å². The number of fused-ring (bicyclic) bond motifs is 1. The Hall–Kier alpha value is -1.56. The van der Waals surface area contributed by atoms with Gasteiger partial charge in [0.25, 0.3) is 0 Å². The number of carboxylic acid groups (broad SMARTS) is 1. The number of imidazole rings is 1. The lowest BCUT2D eigenvalue weighted by molar-refractivity contribution is 0.0689. The highest BCUT2D eigenvalue weighted by atomic mass is 79.9. The Morgan fingerprint density at radius 2 is 2.36 bits per heavy atom. The normalized spacial score (nSPS) is 10.6. The molecule has 2 heterocycles. The fourth-order valence-electron chi connectivity index (χ4n) is 1.24. The Labute approximate surface area is 87.3 Å². The van der Waals surface area contributed by atoms with Gasteiger partial charge in [0.1, 0.15) is 0 Å². The maximum atomic E-state index is 10.8. The first kappa shape index (κ1) is 9.01. The van der Waals surface area contributed by atoms with E-state index in [4.69, 9.17) is 10.8 Å². The van der Waals surface area contributed by atoms with Gasteiger partial charge in [-0.25, -0.2) is 9.78 Å². The minimum absolute atomic E-state index is 0.0907. The zero-order valence-electron chi connectivity index (χ0n) is 6.94. The van der Waals surface area contributed by atoms with Gasteiger partial charge >= 0.3 is 5.97 Å². The van der Waals surface area contributed by atoms with E-state index in [0.717, 1.165) is 0 Å². The maximum absolute atomic E-state index is 10.8. The number of halogens is 1. The van der Waals surface area contributed by atoms with Crippen molar-refractivity contribution in [2.24, 2.45) is 0 Å². The third kappa shape index (κ3) is 1.24. The van der Waals surface area contributed by atoms with Gasteiger partial charge in [0.2, 0.25) is 0 Å². The Bertz CT molecular complexity index is 521. The molecule has 0 saturated heterocycles. The van der Waals surface area contributed by atoms with Crippen LogP contribution in [-0.4, -0.2) is 20.5 Å². The summed E-state index contributed by atoms with van der Waals surface area (Å²) in [5, 5.41) is 8.84. The lowest BCUT2D eigenvalue weighted by atomic mass is 10.4. The summed E-state index contributed by atoms with van der Waals surface area (Å²) in [6.45, 7) is 0. The monoisotopic (exact) mass is 255 g/mol. The van der Waals surface area contributed by atoms with Crippen molar-refractivity contribution in [2.75, 3.05) is 5.73 Å². The van der Waals surface area contributed by atoms with Gasteiger partial charge in [-0.15, -0.1) is 0 Å². The molecule has 0 aliphatic carbocycles. The molecule has 2 aromatic heterocycles. The molecule has 72 valence electrons. The summed E-state index contributed by atoms with van der Waals surface area (Å²) in [4.78, 5) is 14.7. The Kier molecular flexibility index (Phi) is 1.92. The van der Waals surface area contributed by atoms with Crippen molar-refractivity contribution in [2.45, 2.75) is 0 Å². The van der Waals surface area contributed by atoms with Gasteiger partial charge in [-0.2, -0.15) is 0 Å². The van der Waals surface area contributed by atoms with E-state index in [1.165, 1.54) is 10.6 Å². The highest BCUT2D eigenvalue weighted by Gasteiger charge is 2.12. The van der Waals surface area contributed by atoms with Gasteiger partial charge < -0.3 is 10.8 Å². The first-order valence-electron chi connectivity index (χ1n) is 3.75. The lowest BCUT2D eigenvalue weighted by Gasteiger charge is -2.00. The molecule has 0 aliphatic heterocycles. The smallest absolute Gasteiger partial charge is 0.354 e. The Balaban J connectivity index is 2.85. The summed E-state index contributed by atoms with van der Waals surface area (Å²) in [5.41, 5.74) is 6.64. The summed E-state index contributed by atoms with van der Waals surface area (Å²) in [6.07, 6.45) is 2.89. The van der Waals surface area contributed by atoms with Crippen LogP contribution in [0.5, 0.6) is 0 Å². The van der Waals surface area contributed by atoms with Crippen molar-refractivity contribution >= 4 is 33.2 Å². The third-order valence-corrected chi connectivity index (χ3v) is 2.25. The number of rotatable bonds is 1. The predicted octanol–water partition coefficient (Wildman–Crippen LogP) is 1.38. The first-order valence-corrected chi connectivity index (χ1v) is 4.54. The summed E-state index contributed by atoms with van der Waals surface area (Å²) in [6, 6.07) is 1.67. The van der Waals surface area contributed by atoms with Crippen LogP contribution in [0, 0.1) is 0 Å². The summed E-state index contributed by atoms with van der Waals surface area (Å²) in [5.74, 6) is -1.03. The molecule has 5 nitrogen and oxygen atoms in total. The van der Waals surface area contributed by atoms with Crippen molar-refractivity contribution in [1.82, 2.24) is 9.38 Å². The molecule has 0 spiro atoms. The van der Waals surface area contributed by atoms with Crippen LogP contribution in [0.1, 0.15) is 10.5 Å². The number of aromatic carboxylic acids is 1. The molecule has 2 aromatic rings. The predicted molar refractivity (Wildman–Crippen MR) is 54.3 cm³/mol. The van der Waals surface area contributed by atoms with Gasteiger partial charge in [0, 0.05) is 10.7 Å². The average Bonchev–Trinajstić information content (AvgIpc) is 2.47. The standard InChI is InChI=1S/C8H6BrN3O2/c9-4-1-5(10)7-11-2-6(8(13)14)12(7)3-4/h1-3H,10H2,(H,13,14). The van der Waals surface area contributed by atoms with Gasteiger partial charge in [-0.1, -0.05) is 0 Å². The third-order valence-electron chi connectivity index (χ3n) is 1.82. The van der Waals surface area contributed by atoms with E-state index in [0.29, 0.717) is 15.8 Å². The van der Waals surface area contributed by atoms with Crippen molar-refractivity contribution in [3.63, 3.8) is 0 Å². The van der Waals surface area contributed by atoms with Crippen LogP contribution in [0.3, 0.4) is 0 Å². The highest BCUT2D eigenvalue weighted by molar-refractivity contribution is 9.10. The van der Waals surface area contributed by atoms with Gasteiger partial charge in [-0.05, 0) is 22.0 Å². The molecule has 0 saturated carbocycles. The fourth-order valence-corrected chi connectivity index (χ4v) is 1.69. The largest absolute Gasteiger partial charge is 0.477 e. The van der Waals surface area contributed by atoms with E-state index in [1.54, 1.807) is 12.3 Å². The molecule has 0 amide bonds. The molecule has 0 fully saturated rings. The number of nitrogen functional groups attached to an aromatic ring is 1. The van der Waals surface area contributed by atoms with E-state index in [-0.39, 0.29) is 5.69 Å². The minimum atomic E-state index is -1.03. The van der Waals surface area contributed by atoms with Crippen LogP contribution < -0.4 is 5.73 Å². The van der Waals surface area contributed by atoms with Crippen molar-refractivity contribution < 1.29 is 9.90 Å². The summed E-state index contributed by atoms with van der Waals surface area (Å²) in [7, 11) is 0. The molecule has 6 heteroatoms. The number of nitrogens with zero attached hydrogens (tertiary/aromatic N) is 2. The molecule has 2 rings (SSSR count). The summed E-state index contributed by atoms with van der Waals surface area (Å²) < 4.78 is 2.14. The Morgan fingerprint density at radius 1 is 1.64 bits per heavy atom. The van der Waals surface area contributed by atoms with Crippen molar-refractivity contribution in [3.8, 4) is 0 Å². The second kappa shape index (κ2) is 2.98. The van der Waals surface area contributed by atoms with E-state index in [9.17, 15) is 4.79 Å². The zero-order valence-corrected chi connectivity index (χ0v) is 8.52. The van der Waals surface area contributed by atoms with E-state index in [2.05, 4.69) is 20.9 Å². The van der Waals surface area contributed by atoms with Crippen LogP contribution >= 0.6 is 15.9 Å². The quantitative estimate of drug-likeness (QED) is 0.807. The number of pyridine rings is 1. The lowest BCUT2D eigenvalue weighted by Crippen LogP contribution is -2.02. The van der Waals surface area contributed by atoms with Crippen LogP contribution in [0.25, 0.3) is 5.65 Å². The number of carbonyl (C=O) groups is 1. The molecule has 0 unspecified atom stereocenters. The number of hydrogen-bond acceptors (Lipinski definition) is 3. The first-order chi connectivity index (χ1) is 6.59. The van der Waals surface area contributed by atoms with Crippen molar-refractivity contribution in [1.29, 1.82) is 0 Å². The average molecular weight is 256 g/mol. The van der Waals surface area contributed by atoms with E-state index in [1.807, 2.05) is 0 Å². The SMILES string of the molecule is Nc1cc(Br)cn2c(C(=O)O)cnc12. The molecule has 0 aliphatic rings. The molecule has 0 aromatic carbocycles. The number of aromatic nitrogens is 2. The van der Waals surface area contributed by atoms with Crippen LogP contribution in [0.2, 0.25) is 0 Å². The zero-order chi connectivity index (χ0) is 10.3. The number of hydrogen-bond donors (Lipinski definition) is 2. The summed E-state index contributed by atoms with van der Waals surface area (Å²) >= 11 is 3.23. The number of nitrogens with two attached hydrogens (primary N) is 1. The molecule has 0 bridgehead atoms. The van der Waals surface area contributed by atoms with Crippen molar-refractivity contribution in [3.05, 3.63) is 28.6 Å². The fraction of sp³-hybridized carbons (Fsp3) is 0. The molecular weight excluding hydrogens is 250 g/mol. The van der Waals surface area contributed by atoms with Crippen LogP contribution in [0.4, 0.5) is 5.69 Å².